The maximum absolute atomic E-state index is 14.2. The van der Waals surface area contributed by atoms with Crippen molar-refractivity contribution in [2.75, 3.05) is 13.1 Å². The number of fused-ring (bicyclic) bond motifs is 6. The second-order valence-corrected chi connectivity index (χ2v) is 29.0. The van der Waals surface area contributed by atoms with Gasteiger partial charge in [-0.25, -0.2) is 0 Å². The minimum atomic E-state index is -1.40. The summed E-state index contributed by atoms with van der Waals surface area (Å²) in [6.07, 6.45) is 18.7. The molecule has 4 amide bonds. The summed E-state index contributed by atoms with van der Waals surface area (Å²) in [5.74, 6) is -5.60. The van der Waals surface area contributed by atoms with Crippen LogP contribution in [0.4, 0.5) is 0 Å². The molecule has 0 aromatic rings. The van der Waals surface area contributed by atoms with Crippen LogP contribution >= 0.6 is 0 Å². The molecular weight excluding hydrogens is 1020 g/mol. The van der Waals surface area contributed by atoms with Crippen LogP contribution in [0, 0.1) is 46.3 Å². The second-order valence-electron chi connectivity index (χ2n) is 29.0. The fraction of sp³-hybridized carbons (Fsp3) is 0.859. The Morgan fingerprint density at radius 3 is 1.26 bits per heavy atom. The standard InChI is InChI=1S/C32H54N2O6.C32H52N2O6/c2*1-31(2,3)18-23(35)16-22-15-13-11-9-7-6-8-10-12-14-21(28(37)29(33)38)17-25(36)27-24-19-32(4,5)40-26(24)20-34(27)30(22)39/h21-22,24,26-28,37H,6-20H2,1-5H3,(H2,33,38);21-22,24,26-27H,6-20H2,1-5H3,(H2,33,38)/t21-,22-,24+,26?,27+,28?;21-,22-,24+,26?,27+/m11/s1. The lowest BCUT2D eigenvalue weighted by Crippen LogP contribution is -2.48. The monoisotopic (exact) mass is 1120 g/mol. The number of aliphatic hydroxyl groups excluding tert-OH is 1. The molecule has 6 heterocycles. The van der Waals surface area contributed by atoms with Gasteiger partial charge in [-0.05, 0) is 77.0 Å². The summed E-state index contributed by atoms with van der Waals surface area (Å²) in [6, 6.07) is -1.41. The lowest BCUT2D eigenvalue weighted by Gasteiger charge is -2.33. The molecule has 0 bridgehead atoms. The SMILES string of the molecule is CC(C)(C)CC(=O)C[C@H]1CCCCCCCCCC[C@@H](C(=O)C(N)=O)CC(=O)[C@@H]2[C@H]3CC(C)(C)OC3CN2C1=O.CC(C)(C)CC(=O)C[C@H]1CCCCCCCCCC[C@@H](C(O)C(N)=O)CC(=O)[C@@H]2[C@H]3CC(C)(C)OC3CN2C1=O. The number of carbonyl (C=O) groups is 9. The molecule has 11 atom stereocenters. The highest BCUT2D eigenvalue weighted by Gasteiger charge is 2.57. The first-order valence-corrected chi connectivity index (χ1v) is 31.2. The first-order chi connectivity index (χ1) is 37.4. The van der Waals surface area contributed by atoms with Crippen LogP contribution in [0.2, 0.25) is 0 Å². The molecule has 0 aromatic heterocycles. The summed E-state index contributed by atoms with van der Waals surface area (Å²) in [5.41, 5.74) is 9.71. The molecule has 16 heteroatoms. The number of carbonyl (C=O) groups excluding carboxylic acids is 9. The third-order valence-corrected chi connectivity index (χ3v) is 17.9. The van der Waals surface area contributed by atoms with E-state index in [1.54, 1.807) is 9.80 Å². The first-order valence-electron chi connectivity index (χ1n) is 31.2. The Hall–Kier alpha value is -3.89. The number of nitrogens with two attached hydrogens (primary N) is 2. The Morgan fingerprint density at radius 2 is 0.900 bits per heavy atom. The number of Topliss-reactive ketones (excluding diaryl/α,β-unsaturated/α-hetero) is 5. The zero-order chi connectivity index (χ0) is 59.3. The van der Waals surface area contributed by atoms with E-state index in [4.69, 9.17) is 20.9 Å². The van der Waals surface area contributed by atoms with Crippen LogP contribution in [0.15, 0.2) is 0 Å². The fourth-order valence-corrected chi connectivity index (χ4v) is 14.4. The lowest BCUT2D eigenvalue weighted by molar-refractivity contribution is -0.145. The Morgan fingerprint density at radius 1 is 0.550 bits per heavy atom. The highest BCUT2D eigenvalue weighted by atomic mass is 16.5. The van der Waals surface area contributed by atoms with Gasteiger partial charge in [0.25, 0.3) is 5.91 Å². The fourth-order valence-electron chi connectivity index (χ4n) is 14.4. The van der Waals surface area contributed by atoms with Crippen LogP contribution in [-0.4, -0.2) is 122 Å². The lowest BCUT2D eigenvalue weighted by atomic mass is 9.82. The number of amides is 4. The molecule has 6 aliphatic rings. The van der Waals surface area contributed by atoms with E-state index in [1.807, 2.05) is 69.2 Å². The van der Waals surface area contributed by atoms with Gasteiger partial charge in [-0.15, -0.1) is 0 Å². The van der Waals surface area contributed by atoms with Crippen molar-refractivity contribution in [1.29, 1.82) is 0 Å². The maximum atomic E-state index is 14.2. The molecule has 6 saturated heterocycles. The minimum Gasteiger partial charge on any atom is -0.383 e. The number of nitrogens with zero attached hydrogens (tertiary/aromatic N) is 2. The molecule has 0 radical (unpaired) electrons. The Balaban J connectivity index is 0.000000294. The van der Waals surface area contributed by atoms with Crippen molar-refractivity contribution in [3.8, 4) is 0 Å². The van der Waals surface area contributed by atoms with Gasteiger partial charge in [0.1, 0.15) is 17.7 Å². The summed E-state index contributed by atoms with van der Waals surface area (Å²) >= 11 is 0. The van der Waals surface area contributed by atoms with E-state index in [9.17, 15) is 48.3 Å². The average molecular weight is 1120 g/mol. The summed E-state index contributed by atoms with van der Waals surface area (Å²) in [6.45, 7) is 20.8. The van der Waals surface area contributed by atoms with Crippen molar-refractivity contribution < 1.29 is 57.7 Å². The normalized spacial score (nSPS) is 31.3. The van der Waals surface area contributed by atoms with E-state index in [0.717, 1.165) is 103 Å². The topological polar surface area (TPSA) is 251 Å². The smallest absolute Gasteiger partial charge is 0.285 e. The van der Waals surface area contributed by atoms with E-state index >= 15 is 0 Å². The third kappa shape index (κ3) is 20.2. The van der Waals surface area contributed by atoms with Gasteiger partial charge in [0.05, 0.1) is 35.5 Å². The highest BCUT2D eigenvalue weighted by Crippen LogP contribution is 2.46. The van der Waals surface area contributed by atoms with E-state index in [-0.39, 0.29) is 95.5 Å². The van der Waals surface area contributed by atoms with Gasteiger partial charge in [0, 0.05) is 87.1 Å². The molecule has 6 aliphatic heterocycles. The molecule has 0 aliphatic carbocycles. The Kier molecular flexibility index (Phi) is 24.7. The number of ketones is 5. The summed E-state index contributed by atoms with van der Waals surface area (Å²) in [5, 5.41) is 10.6. The number of hydrogen-bond acceptors (Lipinski definition) is 12. The van der Waals surface area contributed by atoms with Crippen LogP contribution < -0.4 is 11.5 Å². The van der Waals surface area contributed by atoms with Crippen LogP contribution in [0.5, 0.6) is 0 Å². The summed E-state index contributed by atoms with van der Waals surface area (Å²) in [4.78, 5) is 122. The number of ether oxygens (including phenoxy) is 2. The average Bonchev–Trinajstić information content (AvgIpc) is 4.04. The quantitative estimate of drug-likeness (QED) is 0.173. The summed E-state index contributed by atoms with van der Waals surface area (Å²) < 4.78 is 12.6. The maximum Gasteiger partial charge on any atom is 0.285 e. The number of rotatable bonds is 10. The Labute approximate surface area is 479 Å². The predicted octanol–water partition coefficient (Wildman–Crippen LogP) is 9.67. The van der Waals surface area contributed by atoms with Gasteiger partial charge in [-0.3, -0.25) is 43.2 Å². The van der Waals surface area contributed by atoms with Gasteiger partial charge >= 0.3 is 0 Å². The number of aliphatic hydroxyl groups is 1. The van der Waals surface area contributed by atoms with Crippen LogP contribution in [0.25, 0.3) is 0 Å². The van der Waals surface area contributed by atoms with Crippen molar-refractivity contribution >= 4 is 52.5 Å². The minimum absolute atomic E-state index is 0.00414. The zero-order valence-corrected chi connectivity index (χ0v) is 51.1. The molecule has 0 saturated carbocycles. The van der Waals surface area contributed by atoms with Gasteiger partial charge in [-0.2, -0.15) is 0 Å². The second kappa shape index (κ2) is 29.6. The third-order valence-electron chi connectivity index (χ3n) is 17.9. The molecule has 0 aromatic carbocycles. The number of primary amides is 2. The van der Waals surface area contributed by atoms with Crippen molar-refractivity contribution in [2.45, 2.75) is 291 Å². The number of hydrogen-bond donors (Lipinski definition) is 3. The van der Waals surface area contributed by atoms with Gasteiger partial charge < -0.3 is 35.8 Å². The molecular formula is C64H106N4O12. The molecule has 6 rings (SSSR count). The first kappa shape index (κ1) is 66.9. The predicted molar refractivity (Wildman–Crippen MR) is 307 cm³/mol. The van der Waals surface area contributed by atoms with Crippen molar-refractivity contribution in [3.05, 3.63) is 0 Å². The molecule has 0 spiro atoms. The van der Waals surface area contributed by atoms with E-state index in [2.05, 4.69) is 0 Å². The van der Waals surface area contributed by atoms with Gasteiger partial charge in [-0.1, -0.05) is 144 Å². The Bertz CT molecular complexity index is 2160. The van der Waals surface area contributed by atoms with Gasteiger partial charge in [0.2, 0.25) is 23.5 Å². The largest absolute Gasteiger partial charge is 0.383 e. The zero-order valence-electron chi connectivity index (χ0n) is 51.1. The van der Waals surface area contributed by atoms with Crippen LogP contribution in [0.1, 0.15) is 249 Å². The highest BCUT2D eigenvalue weighted by molar-refractivity contribution is 6.36. The van der Waals surface area contributed by atoms with Crippen LogP contribution in [0.3, 0.4) is 0 Å². The van der Waals surface area contributed by atoms with E-state index < -0.39 is 70.7 Å². The molecule has 454 valence electrons. The van der Waals surface area contributed by atoms with Crippen molar-refractivity contribution in [2.24, 2.45) is 57.8 Å². The summed E-state index contributed by atoms with van der Waals surface area (Å²) in [7, 11) is 0. The molecule has 80 heavy (non-hydrogen) atoms. The molecule has 3 unspecified atom stereocenters. The van der Waals surface area contributed by atoms with Crippen molar-refractivity contribution in [3.63, 3.8) is 0 Å². The van der Waals surface area contributed by atoms with Crippen molar-refractivity contribution in [1.82, 2.24) is 9.80 Å². The van der Waals surface area contributed by atoms with E-state index in [1.165, 1.54) is 0 Å². The van der Waals surface area contributed by atoms with E-state index in [0.29, 0.717) is 64.5 Å². The van der Waals surface area contributed by atoms with Crippen LogP contribution in [-0.2, 0) is 52.6 Å². The molecule has 16 nitrogen and oxygen atoms in total. The van der Waals surface area contributed by atoms with Gasteiger partial charge in [0.15, 0.2) is 11.6 Å². The molecule has 6 fully saturated rings. The molecule has 5 N–H and O–H groups in total.